The van der Waals surface area contributed by atoms with E-state index in [-0.39, 0.29) is 34.0 Å². The van der Waals surface area contributed by atoms with Gasteiger partial charge in [0.1, 0.15) is 60.3 Å². The zero-order valence-electron chi connectivity index (χ0n) is 27.6. The Balaban J connectivity index is 1.21. The number of hydrogen-bond acceptors (Lipinski definition) is 25. The van der Waals surface area contributed by atoms with Crippen molar-refractivity contribution in [3.63, 3.8) is 0 Å². The molecule has 0 amide bonds. The van der Waals surface area contributed by atoms with Crippen LogP contribution in [0.2, 0.25) is 0 Å². The Bertz CT molecular complexity index is 2270. The molecule has 316 valence electrons. The van der Waals surface area contributed by atoms with Gasteiger partial charge < -0.3 is 65.8 Å². The normalized spacial score (nSPS) is 29.9. The van der Waals surface area contributed by atoms with Crippen LogP contribution < -0.4 is 11.5 Å². The van der Waals surface area contributed by atoms with Gasteiger partial charge in [-0.3, -0.25) is 18.2 Å². The highest BCUT2D eigenvalue weighted by Gasteiger charge is 2.52. The van der Waals surface area contributed by atoms with E-state index in [4.69, 9.17) is 39.8 Å². The summed E-state index contributed by atoms with van der Waals surface area (Å²) >= 11 is 0. The lowest BCUT2D eigenvalue weighted by Crippen LogP contribution is -2.34. The Morgan fingerprint density at radius 2 is 0.965 bits per heavy atom. The van der Waals surface area contributed by atoms with Crippen molar-refractivity contribution >= 4 is 73.1 Å². The molecule has 37 heteroatoms. The zero-order chi connectivity index (χ0) is 41.9. The fourth-order valence-electron chi connectivity index (χ4n) is 5.29. The van der Waals surface area contributed by atoms with E-state index in [2.05, 4.69) is 47.1 Å². The Hall–Kier alpha value is -2.83. The molecule has 0 bridgehead atoms. The maximum atomic E-state index is 13.9. The van der Waals surface area contributed by atoms with Crippen LogP contribution in [0.3, 0.4) is 0 Å². The largest absolute Gasteiger partial charge is 0.490 e. The summed E-state index contributed by atoms with van der Waals surface area (Å²) in [4.78, 5) is 70.4. The van der Waals surface area contributed by atoms with Crippen molar-refractivity contribution in [1.82, 2.24) is 39.0 Å². The van der Waals surface area contributed by atoms with Gasteiger partial charge in [-0.2, -0.15) is 17.2 Å². The first-order chi connectivity index (χ1) is 26.4. The third kappa shape index (κ3) is 9.80. The molecule has 2 saturated heterocycles. The van der Waals surface area contributed by atoms with E-state index in [1.807, 2.05) is 0 Å². The van der Waals surface area contributed by atoms with Crippen LogP contribution in [0.1, 0.15) is 12.5 Å². The second kappa shape index (κ2) is 16.0. The Morgan fingerprint density at radius 3 is 1.37 bits per heavy atom. The van der Waals surface area contributed by atoms with Crippen molar-refractivity contribution in [3.05, 3.63) is 25.3 Å². The second-order valence-corrected chi connectivity index (χ2v) is 19.3. The van der Waals surface area contributed by atoms with Crippen molar-refractivity contribution in [1.29, 1.82) is 0 Å². The summed E-state index contributed by atoms with van der Waals surface area (Å²) in [5, 5.41) is 43.0. The summed E-state index contributed by atoms with van der Waals surface area (Å²) in [6.07, 6.45) is -9.51. The molecule has 2 aliphatic heterocycles. The number of nitrogens with zero attached hydrogens (tertiary/aromatic N) is 8. The quantitative estimate of drug-likeness (QED) is 0.0525. The molecule has 0 radical (unpaired) electrons. The second-order valence-electron chi connectivity index (χ2n) is 11.5. The lowest BCUT2D eigenvalue weighted by molar-refractivity contribution is -0.0607. The lowest BCUT2D eigenvalue weighted by atomic mass is 10.1. The van der Waals surface area contributed by atoms with E-state index in [1.54, 1.807) is 0 Å². The maximum Gasteiger partial charge on any atom is 0.490 e. The predicted molar refractivity (Wildman–Crippen MR) is 177 cm³/mol. The minimum absolute atomic E-state index is 0.0283. The molecule has 6 heterocycles. The summed E-state index contributed by atoms with van der Waals surface area (Å²) in [7, 11) is -30.8. The summed E-state index contributed by atoms with van der Waals surface area (Å²) in [5.41, 5.74) is 11.8. The summed E-state index contributed by atoms with van der Waals surface area (Å²) < 4.78 is 100. The number of phosphoric acid groups is 5. The number of ether oxygens (including phenoxy) is 2. The van der Waals surface area contributed by atoms with Gasteiger partial charge in [-0.15, -0.1) is 0 Å². The molecule has 57 heavy (non-hydrogen) atoms. The lowest BCUT2D eigenvalue weighted by Gasteiger charge is -2.24. The number of aliphatic hydroxyl groups is 4. The smallest absolute Gasteiger partial charge is 0.387 e. The molecule has 6 rings (SSSR count). The van der Waals surface area contributed by atoms with Gasteiger partial charge in [0.2, 0.25) is 0 Å². The van der Waals surface area contributed by atoms with Gasteiger partial charge in [-0.1, -0.05) is 0 Å². The van der Waals surface area contributed by atoms with Gasteiger partial charge >= 0.3 is 39.1 Å². The Kier molecular flexibility index (Phi) is 12.3. The minimum atomic E-state index is -6.45. The van der Waals surface area contributed by atoms with Crippen LogP contribution in [0.4, 0.5) is 11.6 Å². The number of imidazole rings is 2. The predicted octanol–water partition coefficient (Wildman–Crippen LogP) is -2.33. The van der Waals surface area contributed by atoms with Gasteiger partial charge in [-0.25, -0.2) is 52.7 Å². The SMILES string of the molecule is Nc1ncnc2c1ncn2[C@@H]1O[C@H](COP(=O)(OC[C@H]2O[C@@H](n3cnc4c(N)ncnc43)C(O)C2O)OP(=O)(O)OP(=O)(O)OP(=O)(O)OP(=O)(O)O)C(O)C1O. The molecule has 0 aliphatic carbocycles. The Morgan fingerprint density at radius 1 is 0.579 bits per heavy atom. The van der Waals surface area contributed by atoms with Crippen LogP contribution in [0.15, 0.2) is 25.3 Å². The average molecular weight is 916 g/mol. The third-order valence-electron chi connectivity index (χ3n) is 7.62. The maximum absolute atomic E-state index is 13.9. The highest BCUT2D eigenvalue weighted by atomic mass is 31.3. The van der Waals surface area contributed by atoms with Gasteiger partial charge in [-0.05, 0) is 0 Å². The van der Waals surface area contributed by atoms with E-state index in [0.717, 1.165) is 34.4 Å². The molecule has 11 atom stereocenters. The molecular weight excluding hydrogens is 887 g/mol. The molecular formula is C20H29N10O22P5. The number of anilines is 2. The summed E-state index contributed by atoms with van der Waals surface area (Å²) in [5.74, 6) is -0.113. The summed E-state index contributed by atoms with van der Waals surface area (Å²) in [6, 6.07) is 0. The van der Waals surface area contributed by atoms with E-state index < -0.39 is 101 Å². The van der Waals surface area contributed by atoms with E-state index in [9.17, 15) is 57.9 Å². The first kappa shape index (κ1) is 43.7. The molecule has 0 aromatic carbocycles. The number of rotatable bonds is 16. The fraction of sp³-hybridized carbons (Fsp3) is 0.500. The van der Waals surface area contributed by atoms with E-state index in [1.165, 1.54) is 0 Å². The van der Waals surface area contributed by atoms with E-state index in [0.29, 0.717) is 0 Å². The molecule has 32 nitrogen and oxygen atoms in total. The summed E-state index contributed by atoms with van der Waals surface area (Å²) in [6.45, 7) is -2.38. The molecule has 2 fully saturated rings. The van der Waals surface area contributed by atoms with Gasteiger partial charge in [0.05, 0.1) is 25.9 Å². The average Bonchev–Trinajstić information content (AvgIpc) is 3.83. The standard InChI is InChI=1S/C20H29N10O22P5/c21-15-9-17(25-3-23-15)29(5-27-9)19-13(33)11(31)7(47-19)1-45-57(44,52-56(42,43)51-55(40,41)50-54(38,39)49-53(35,36)37)46-2-8-12(32)14(34)20(48-8)30-6-28-10-16(22)24-4-26-18(10)30/h3-8,11-14,19-20,31-34H,1-2H2,(H,38,39)(H,40,41)(H,42,43)(H2,21,23,25)(H2,22,24,26)(H2,35,36,37)/t7-,8-,11?,12?,13?,14?,19-,20-,57?/m1/s1. The van der Waals surface area contributed by atoms with Crippen LogP contribution in [0.25, 0.3) is 22.3 Å². The zero-order valence-corrected chi connectivity index (χ0v) is 32.1. The molecule has 0 saturated carbocycles. The third-order valence-corrected chi connectivity index (χ3v) is 15.2. The van der Waals surface area contributed by atoms with E-state index >= 15 is 0 Å². The van der Waals surface area contributed by atoms with Crippen LogP contribution in [-0.4, -0.2) is 134 Å². The monoisotopic (exact) mass is 916 g/mol. The molecule has 4 aromatic heterocycles. The van der Waals surface area contributed by atoms with Crippen LogP contribution in [0, 0.1) is 0 Å². The number of phosphoric ester groups is 1. The highest BCUT2D eigenvalue weighted by molar-refractivity contribution is 7.71. The van der Waals surface area contributed by atoms with Crippen molar-refractivity contribution in [2.45, 2.75) is 49.1 Å². The first-order valence-corrected chi connectivity index (χ1v) is 22.5. The molecule has 7 unspecified atom stereocenters. The van der Waals surface area contributed by atoms with Gasteiger partial charge in [0.25, 0.3) is 0 Å². The number of aliphatic hydroxyl groups excluding tert-OH is 4. The van der Waals surface area contributed by atoms with Crippen LogP contribution in [-0.2, 0) is 58.6 Å². The number of nitrogen functional groups attached to an aromatic ring is 2. The molecule has 4 aromatic rings. The molecule has 0 spiro atoms. The molecule has 2 aliphatic rings. The van der Waals surface area contributed by atoms with Crippen molar-refractivity contribution in [2.75, 3.05) is 24.7 Å². The number of hydrogen-bond donors (Lipinski definition) is 11. The van der Waals surface area contributed by atoms with Gasteiger partial charge in [0.15, 0.2) is 35.4 Å². The van der Waals surface area contributed by atoms with Gasteiger partial charge in [0, 0.05) is 0 Å². The number of fused-ring (bicyclic) bond motifs is 2. The number of nitrogens with two attached hydrogens (primary N) is 2. The topological polar surface area (TPSA) is 481 Å². The van der Waals surface area contributed by atoms with Crippen molar-refractivity contribution in [3.8, 4) is 0 Å². The highest BCUT2D eigenvalue weighted by Crippen LogP contribution is 2.74. The van der Waals surface area contributed by atoms with Crippen molar-refractivity contribution in [2.24, 2.45) is 0 Å². The Labute approximate surface area is 314 Å². The first-order valence-electron chi connectivity index (χ1n) is 15.1. The van der Waals surface area contributed by atoms with Crippen LogP contribution in [0.5, 0.6) is 0 Å². The molecule has 13 N–H and O–H groups in total. The number of aromatic nitrogens is 8. The fourth-order valence-corrected chi connectivity index (χ4v) is 11.7. The van der Waals surface area contributed by atoms with Crippen molar-refractivity contribution < 1.29 is 103 Å². The minimum Gasteiger partial charge on any atom is -0.387 e. The van der Waals surface area contributed by atoms with Crippen LogP contribution >= 0.6 is 39.1 Å².